The van der Waals surface area contributed by atoms with Crippen LogP contribution in [0.3, 0.4) is 0 Å². The van der Waals surface area contributed by atoms with Crippen LogP contribution in [0.2, 0.25) is 0 Å². The van der Waals surface area contributed by atoms with Crippen molar-refractivity contribution < 1.29 is 14.6 Å². The van der Waals surface area contributed by atoms with Crippen LogP contribution < -0.4 is 4.74 Å². The monoisotopic (exact) mass is 276 g/mol. The van der Waals surface area contributed by atoms with Crippen molar-refractivity contribution in [3.05, 3.63) is 30.6 Å². The lowest BCUT2D eigenvalue weighted by Crippen LogP contribution is -2.24. The summed E-state index contributed by atoms with van der Waals surface area (Å²) in [7, 11) is 0. The van der Waals surface area contributed by atoms with Crippen LogP contribution in [0.25, 0.3) is 11.0 Å². The maximum atomic E-state index is 9.76. The lowest BCUT2D eigenvalue weighted by Gasteiger charge is -2.14. The quantitative estimate of drug-likeness (QED) is 0.838. The summed E-state index contributed by atoms with van der Waals surface area (Å²) in [6.45, 7) is 5.26. The van der Waals surface area contributed by atoms with Gasteiger partial charge in [-0.05, 0) is 18.1 Å². The summed E-state index contributed by atoms with van der Waals surface area (Å²) in [5.74, 6) is 1.13. The molecule has 5 heteroatoms. The van der Waals surface area contributed by atoms with Gasteiger partial charge in [0.15, 0.2) is 0 Å². The molecule has 1 N–H and O–H groups in total. The van der Waals surface area contributed by atoms with E-state index in [-0.39, 0.29) is 13.2 Å². The summed E-state index contributed by atoms with van der Waals surface area (Å²) >= 11 is 0. The maximum absolute atomic E-state index is 9.76. The van der Waals surface area contributed by atoms with Crippen molar-refractivity contribution in [1.29, 1.82) is 0 Å². The Labute approximate surface area is 118 Å². The number of benzene rings is 1. The largest absolute Gasteiger partial charge is 0.491 e. The number of rotatable bonds is 7. The van der Waals surface area contributed by atoms with Crippen LogP contribution in [-0.2, 0) is 4.74 Å². The lowest BCUT2D eigenvalue weighted by molar-refractivity contribution is 0.00395. The van der Waals surface area contributed by atoms with Crippen molar-refractivity contribution in [2.45, 2.75) is 20.0 Å². The van der Waals surface area contributed by atoms with E-state index in [1.54, 1.807) is 12.4 Å². The van der Waals surface area contributed by atoms with E-state index in [4.69, 9.17) is 9.47 Å². The highest BCUT2D eigenvalue weighted by atomic mass is 16.5. The lowest BCUT2D eigenvalue weighted by atomic mass is 10.2. The van der Waals surface area contributed by atoms with Crippen molar-refractivity contribution in [1.82, 2.24) is 9.97 Å². The molecule has 1 heterocycles. The molecule has 108 valence electrons. The first-order chi connectivity index (χ1) is 9.65. The van der Waals surface area contributed by atoms with Gasteiger partial charge in [-0.2, -0.15) is 0 Å². The zero-order valence-electron chi connectivity index (χ0n) is 11.8. The van der Waals surface area contributed by atoms with E-state index in [9.17, 15) is 5.11 Å². The molecular weight excluding hydrogens is 256 g/mol. The summed E-state index contributed by atoms with van der Waals surface area (Å²) < 4.78 is 10.9. The van der Waals surface area contributed by atoms with Gasteiger partial charge in [-0.25, -0.2) is 0 Å². The van der Waals surface area contributed by atoms with Crippen LogP contribution in [0.15, 0.2) is 30.6 Å². The molecule has 5 nitrogen and oxygen atoms in total. The third kappa shape index (κ3) is 4.43. The fourth-order valence-electron chi connectivity index (χ4n) is 1.71. The molecule has 0 aliphatic heterocycles. The van der Waals surface area contributed by atoms with Crippen molar-refractivity contribution in [2.75, 3.05) is 19.8 Å². The molecular formula is C15H20N2O3. The van der Waals surface area contributed by atoms with Crippen LogP contribution >= 0.6 is 0 Å². The summed E-state index contributed by atoms with van der Waals surface area (Å²) in [6.07, 6.45) is 2.66. The number of aliphatic hydroxyl groups excluding tert-OH is 1. The summed E-state index contributed by atoms with van der Waals surface area (Å²) in [5, 5.41) is 9.76. The third-order valence-electron chi connectivity index (χ3n) is 2.64. The smallest absolute Gasteiger partial charge is 0.121 e. The average molecular weight is 276 g/mol. The second-order valence-electron chi connectivity index (χ2n) is 5.10. The summed E-state index contributed by atoms with van der Waals surface area (Å²) in [4.78, 5) is 8.40. The van der Waals surface area contributed by atoms with Crippen LogP contribution in [0.5, 0.6) is 5.75 Å². The molecule has 1 unspecified atom stereocenters. The Bertz CT molecular complexity index is 545. The number of hydrogen-bond donors (Lipinski definition) is 1. The zero-order valence-corrected chi connectivity index (χ0v) is 11.8. The third-order valence-corrected chi connectivity index (χ3v) is 2.64. The SMILES string of the molecule is CC(C)COCC(O)COc1ccc2nccnc2c1. The van der Waals surface area contributed by atoms with Crippen LogP contribution in [0.1, 0.15) is 13.8 Å². The van der Waals surface area contributed by atoms with E-state index in [1.165, 1.54) is 0 Å². The molecule has 0 amide bonds. The van der Waals surface area contributed by atoms with Crippen molar-refractivity contribution in [3.63, 3.8) is 0 Å². The number of aliphatic hydroxyl groups is 1. The molecule has 20 heavy (non-hydrogen) atoms. The number of nitrogens with zero attached hydrogens (tertiary/aromatic N) is 2. The molecule has 1 atom stereocenters. The Morgan fingerprint density at radius 1 is 1.05 bits per heavy atom. The fourth-order valence-corrected chi connectivity index (χ4v) is 1.71. The Hall–Kier alpha value is -1.72. The Morgan fingerprint density at radius 3 is 2.55 bits per heavy atom. The molecule has 0 bridgehead atoms. The minimum atomic E-state index is -0.633. The normalized spacial score (nSPS) is 12.8. The van der Waals surface area contributed by atoms with E-state index in [1.807, 2.05) is 18.2 Å². The van der Waals surface area contributed by atoms with E-state index >= 15 is 0 Å². The van der Waals surface area contributed by atoms with Crippen molar-refractivity contribution in [3.8, 4) is 5.75 Å². The standard InChI is InChI=1S/C15H20N2O3/c1-11(2)8-19-9-12(18)10-20-13-3-4-14-15(7-13)17-6-5-16-14/h3-7,11-12,18H,8-10H2,1-2H3. The fraction of sp³-hybridized carbons (Fsp3) is 0.467. The molecule has 1 aromatic carbocycles. The molecule has 0 saturated heterocycles. The minimum Gasteiger partial charge on any atom is -0.491 e. The Morgan fingerprint density at radius 2 is 1.80 bits per heavy atom. The highest BCUT2D eigenvalue weighted by Gasteiger charge is 2.07. The Kier molecular flexibility index (Phi) is 5.26. The topological polar surface area (TPSA) is 64.5 Å². The number of ether oxygens (including phenoxy) is 2. The maximum Gasteiger partial charge on any atom is 0.121 e. The van der Waals surface area contributed by atoms with Gasteiger partial charge in [0.05, 0.1) is 17.6 Å². The van der Waals surface area contributed by atoms with Gasteiger partial charge >= 0.3 is 0 Å². The van der Waals surface area contributed by atoms with E-state index in [0.717, 1.165) is 11.0 Å². The average Bonchev–Trinajstić information content (AvgIpc) is 2.44. The van der Waals surface area contributed by atoms with Crippen LogP contribution in [0.4, 0.5) is 0 Å². The van der Waals surface area contributed by atoms with Gasteiger partial charge < -0.3 is 14.6 Å². The van der Waals surface area contributed by atoms with Gasteiger partial charge in [-0.15, -0.1) is 0 Å². The highest BCUT2D eigenvalue weighted by molar-refractivity contribution is 5.75. The van der Waals surface area contributed by atoms with Gasteiger partial charge in [-0.3, -0.25) is 9.97 Å². The van der Waals surface area contributed by atoms with Gasteiger partial charge in [0.25, 0.3) is 0 Å². The highest BCUT2D eigenvalue weighted by Crippen LogP contribution is 2.17. The minimum absolute atomic E-state index is 0.198. The zero-order chi connectivity index (χ0) is 14.4. The van der Waals surface area contributed by atoms with Gasteiger partial charge in [0.2, 0.25) is 0 Å². The second-order valence-corrected chi connectivity index (χ2v) is 5.10. The first-order valence-electron chi connectivity index (χ1n) is 6.74. The number of hydrogen-bond acceptors (Lipinski definition) is 5. The predicted octanol–water partition coefficient (Wildman–Crippen LogP) is 2.04. The first-order valence-corrected chi connectivity index (χ1v) is 6.74. The van der Waals surface area contributed by atoms with Gasteiger partial charge in [0, 0.05) is 25.1 Å². The first kappa shape index (κ1) is 14.7. The molecule has 0 fully saturated rings. The van der Waals surface area contributed by atoms with Gasteiger partial charge in [0.1, 0.15) is 18.5 Å². The molecule has 0 radical (unpaired) electrons. The van der Waals surface area contributed by atoms with Crippen LogP contribution in [0, 0.1) is 5.92 Å². The van der Waals surface area contributed by atoms with E-state index in [0.29, 0.717) is 18.3 Å². The summed E-state index contributed by atoms with van der Waals surface area (Å²) in [6, 6.07) is 5.47. The molecule has 1 aromatic heterocycles. The van der Waals surface area contributed by atoms with Gasteiger partial charge in [-0.1, -0.05) is 13.8 Å². The second kappa shape index (κ2) is 7.17. The predicted molar refractivity (Wildman–Crippen MR) is 76.7 cm³/mol. The van der Waals surface area contributed by atoms with Crippen LogP contribution in [-0.4, -0.2) is 41.0 Å². The van der Waals surface area contributed by atoms with Crippen molar-refractivity contribution in [2.24, 2.45) is 5.92 Å². The summed E-state index contributed by atoms with van der Waals surface area (Å²) in [5.41, 5.74) is 1.59. The number of aromatic nitrogens is 2. The molecule has 2 rings (SSSR count). The molecule has 0 spiro atoms. The Balaban J connectivity index is 1.83. The molecule has 2 aromatic rings. The van der Waals surface area contributed by atoms with E-state index in [2.05, 4.69) is 23.8 Å². The molecule has 0 aliphatic rings. The molecule has 0 saturated carbocycles. The number of fused-ring (bicyclic) bond motifs is 1. The van der Waals surface area contributed by atoms with Crippen molar-refractivity contribution >= 4 is 11.0 Å². The van der Waals surface area contributed by atoms with E-state index < -0.39 is 6.10 Å². The molecule has 0 aliphatic carbocycles.